The molecule has 1 aromatic carbocycles. The van der Waals surface area contributed by atoms with Crippen molar-refractivity contribution in [2.45, 2.75) is 45.1 Å². The Bertz CT molecular complexity index is 673. The highest BCUT2D eigenvalue weighted by Crippen LogP contribution is 2.28. The summed E-state index contributed by atoms with van der Waals surface area (Å²) in [5.41, 5.74) is 0.409. The third kappa shape index (κ3) is 3.80. The van der Waals surface area contributed by atoms with Crippen molar-refractivity contribution >= 4 is 17.8 Å². The fraction of sp³-hybridized carbons (Fsp3) is 0.550. The number of ether oxygens (including phenoxy) is 1. The molecule has 2 amide bonds. The number of carbonyl (C=O) groups is 3. The van der Waals surface area contributed by atoms with Crippen LogP contribution in [0.4, 0.5) is 0 Å². The number of amides is 2. The Morgan fingerprint density at radius 1 is 1.15 bits per heavy atom. The molecule has 0 aliphatic carbocycles. The van der Waals surface area contributed by atoms with Gasteiger partial charge in [0.1, 0.15) is 5.60 Å². The normalized spacial score (nSPS) is 18.2. The smallest absolute Gasteiger partial charge is 0.306 e. The number of nitrogens with two attached hydrogens (primary N) is 1. The van der Waals surface area contributed by atoms with Crippen molar-refractivity contribution in [2.75, 3.05) is 19.6 Å². The van der Waals surface area contributed by atoms with Crippen LogP contribution in [-0.4, -0.2) is 47.9 Å². The summed E-state index contributed by atoms with van der Waals surface area (Å²) in [6.45, 7) is 6.34. The summed E-state index contributed by atoms with van der Waals surface area (Å²) in [4.78, 5) is 38.1. The van der Waals surface area contributed by atoms with Crippen LogP contribution in [0.1, 0.15) is 60.2 Å². The number of imide groups is 1. The number of benzene rings is 1. The minimum Gasteiger partial charge on any atom is -0.459 e. The SMILES string of the molecule is CC(C)(OC(=O)CCCN1C(=O)c2ccccc2C1=O)C1CC[NH2+]CC1. The van der Waals surface area contributed by atoms with E-state index in [1.165, 1.54) is 4.90 Å². The summed E-state index contributed by atoms with van der Waals surface area (Å²) >= 11 is 0. The molecule has 1 fully saturated rings. The molecule has 0 saturated carbocycles. The molecule has 6 nitrogen and oxygen atoms in total. The minimum atomic E-state index is -0.471. The molecule has 2 heterocycles. The van der Waals surface area contributed by atoms with E-state index in [-0.39, 0.29) is 30.7 Å². The monoisotopic (exact) mass is 359 g/mol. The predicted octanol–water partition coefficient (Wildman–Crippen LogP) is 1.36. The van der Waals surface area contributed by atoms with Crippen LogP contribution in [0, 0.1) is 5.92 Å². The van der Waals surface area contributed by atoms with E-state index in [0.29, 0.717) is 23.5 Å². The van der Waals surface area contributed by atoms with Gasteiger partial charge in [-0.25, -0.2) is 0 Å². The number of quaternary nitrogens is 1. The van der Waals surface area contributed by atoms with Crippen molar-refractivity contribution in [3.8, 4) is 0 Å². The molecular formula is C20H27N2O4+. The van der Waals surface area contributed by atoms with Gasteiger partial charge in [0.25, 0.3) is 11.8 Å². The average Bonchev–Trinajstić information content (AvgIpc) is 2.87. The number of carbonyl (C=O) groups excluding carboxylic acids is 3. The first kappa shape index (κ1) is 18.6. The second-order valence-electron chi connectivity index (χ2n) is 7.63. The first-order valence-corrected chi connectivity index (χ1v) is 9.39. The van der Waals surface area contributed by atoms with E-state index in [2.05, 4.69) is 5.32 Å². The van der Waals surface area contributed by atoms with Gasteiger partial charge in [0, 0.05) is 31.7 Å². The highest BCUT2D eigenvalue weighted by molar-refractivity contribution is 6.21. The molecule has 1 aromatic rings. The number of nitrogens with zero attached hydrogens (tertiary/aromatic N) is 1. The second-order valence-corrected chi connectivity index (χ2v) is 7.63. The van der Waals surface area contributed by atoms with Crippen LogP contribution >= 0.6 is 0 Å². The van der Waals surface area contributed by atoms with E-state index in [9.17, 15) is 14.4 Å². The van der Waals surface area contributed by atoms with Crippen LogP contribution in [0.25, 0.3) is 0 Å². The van der Waals surface area contributed by atoms with E-state index < -0.39 is 5.60 Å². The Morgan fingerprint density at radius 2 is 1.73 bits per heavy atom. The lowest BCUT2D eigenvalue weighted by Gasteiger charge is -2.35. The van der Waals surface area contributed by atoms with Crippen molar-refractivity contribution in [3.63, 3.8) is 0 Å². The third-order valence-electron chi connectivity index (χ3n) is 5.44. The van der Waals surface area contributed by atoms with Crippen molar-refractivity contribution in [2.24, 2.45) is 5.92 Å². The first-order chi connectivity index (χ1) is 12.4. The number of fused-ring (bicyclic) bond motifs is 1. The molecule has 0 spiro atoms. The molecule has 0 radical (unpaired) electrons. The number of hydrogen-bond donors (Lipinski definition) is 1. The van der Waals surface area contributed by atoms with Gasteiger partial charge in [-0.2, -0.15) is 0 Å². The molecule has 0 atom stereocenters. The molecule has 6 heteroatoms. The molecule has 0 unspecified atom stereocenters. The Labute approximate surface area is 153 Å². The molecule has 1 saturated heterocycles. The molecule has 26 heavy (non-hydrogen) atoms. The van der Waals surface area contributed by atoms with Gasteiger partial charge in [0.15, 0.2) is 0 Å². The lowest BCUT2D eigenvalue weighted by atomic mass is 9.83. The van der Waals surface area contributed by atoms with Crippen LogP contribution in [-0.2, 0) is 9.53 Å². The highest BCUT2D eigenvalue weighted by atomic mass is 16.6. The van der Waals surface area contributed by atoms with E-state index >= 15 is 0 Å². The molecule has 0 aromatic heterocycles. The van der Waals surface area contributed by atoms with E-state index in [1.54, 1.807) is 24.3 Å². The van der Waals surface area contributed by atoms with Gasteiger partial charge in [-0.15, -0.1) is 0 Å². The molecular weight excluding hydrogens is 332 g/mol. The predicted molar refractivity (Wildman–Crippen MR) is 95.6 cm³/mol. The third-order valence-corrected chi connectivity index (χ3v) is 5.44. The molecule has 2 aliphatic rings. The van der Waals surface area contributed by atoms with Crippen molar-refractivity contribution in [3.05, 3.63) is 35.4 Å². The molecule has 2 N–H and O–H groups in total. The Balaban J connectivity index is 1.48. The zero-order chi connectivity index (χ0) is 18.7. The van der Waals surface area contributed by atoms with Gasteiger partial charge in [0.2, 0.25) is 0 Å². The zero-order valence-electron chi connectivity index (χ0n) is 15.5. The number of hydrogen-bond acceptors (Lipinski definition) is 4. The Kier molecular flexibility index (Phi) is 5.41. The van der Waals surface area contributed by atoms with Crippen LogP contribution < -0.4 is 5.32 Å². The van der Waals surface area contributed by atoms with Crippen LogP contribution in [0.3, 0.4) is 0 Å². The topological polar surface area (TPSA) is 80.3 Å². The molecule has 140 valence electrons. The highest BCUT2D eigenvalue weighted by Gasteiger charge is 2.36. The fourth-order valence-electron chi connectivity index (χ4n) is 3.87. The maximum absolute atomic E-state index is 12.3. The van der Waals surface area contributed by atoms with Crippen LogP contribution in [0.15, 0.2) is 24.3 Å². The van der Waals surface area contributed by atoms with E-state index in [0.717, 1.165) is 25.9 Å². The number of rotatable bonds is 6. The Morgan fingerprint density at radius 3 is 2.31 bits per heavy atom. The first-order valence-electron chi connectivity index (χ1n) is 9.39. The maximum atomic E-state index is 12.3. The standard InChI is InChI=1S/C20H26N2O4/c1-20(2,14-9-11-21-12-10-14)26-17(23)8-5-13-22-18(24)15-6-3-4-7-16(15)19(22)25/h3-4,6-7,14,21H,5,8-13H2,1-2H3/p+1. The second kappa shape index (κ2) is 7.58. The fourth-order valence-corrected chi connectivity index (χ4v) is 3.87. The van der Waals surface area contributed by atoms with Crippen LogP contribution in [0.5, 0.6) is 0 Å². The van der Waals surface area contributed by atoms with Gasteiger partial charge in [-0.3, -0.25) is 19.3 Å². The van der Waals surface area contributed by atoms with Gasteiger partial charge in [-0.05, 0) is 32.4 Å². The minimum absolute atomic E-state index is 0.204. The number of piperidine rings is 1. The van der Waals surface area contributed by atoms with E-state index in [1.807, 2.05) is 13.8 Å². The maximum Gasteiger partial charge on any atom is 0.306 e. The van der Waals surface area contributed by atoms with Gasteiger partial charge >= 0.3 is 5.97 Å². The summed E-state index contributed by atoms with van der Waals surface area (Å²) in [5.74, 6) is -0.440. The molecule has 2 aliphatic heterocycles. The lowest BCUT2D eigenvalue weighted by molar-refractivity contribution is -0.665. The quantitative estimate of drug-likeness (QED) is 0.614. The van der Waals surface area contributed by atoms with Gasteiger partial charge in [0.05, 0.1) is 24.2 Å². The molecule has 0 bridgehead atoms. The van der Waals surface area contributed by atoms with Crippen molar-refractivity contribution < 1.29 is 24.4 Å². The summed E-state index contributed by atoms with van der Waals surface area (Å²) in [5, 5.41) is 2.29. The average molecular weight is 359 g/mol. The Hall–Kier alpha value is -2.21. The zero-order valence-corrected chi connectivity index (χ0v) is 15.5. The van der Waals surface area contributed by atoms with E-state index in [4.69, 9.17) is 4.74 Å². The van der Waals surface area contributed by atoms with Crippen molar-refractivity contribution in [1.29, 1.82) is 0 Å². The van der Waals surface area contributed by atoms with Crippen LogP contribution in [0.2, 0.25) is 0 Å². The summed E-state index contributed by atoms with van der Waals surface area (Å²) in [6.07, 6.45) is 2.72. The summed E-state index contributed by atoms with van der Waals surface area (Å²) in [7, 11) is 0. The lowest BCUT2D eigenvalue weighted by Crippen LogP contribution is -2.86. The van der Waals surface area contributed by atoms with Crippen molar-refractivity contribution in [1.82, 2.24) is 4.90 Å². The largest absolute Gasteiger partial charge is 0.459 e. The summed E-state index contributed by atoms with van der Waals surface area (Å²) < 4.78 is 5.72. The number of esters is 1. The van der Waals surface area contributed by atoms with Gasteiger partial charge < -0.3 is 10.1 Å². The molecule has 3 rings (SSSR count). The summed E-state index contributed by atoms with van der Waals surface area (Å²) in [6, 6.07) is 6.81. The van der Waals surface area contributed by atoms with Gasteiger partial charge in [-0.1, -0.05) is 12.1 Å².